The van der Waals surface area contributed by atoms with Crippen LogP contribution in [0.25, 0.3) is 0 Å². The van der Waals surface area contributed by atoms with Crippen LogP contribution >= 0.6 is 0 Å². The first-order valence-corrected chi connectivity index (χ1v) is 6.88. The van der Waals surface area contributed by atoms with E-state index >= 15 is 0 Å². The van der Waals surface area contributed by atoms with Crippen molar-refractivity contribution in [1.82, 2.24) is 5.32 Å². The van der Waals surface area contributed by atoms with Gasteiger partial charge >= 0.3 is 12.1 Å². The lowest BCUT2D eigenvalue weighted by Gasteiger charge is -2.17. The first-order chi connectivity index (χ1) is 11.5. The van der Waals surface area contributed by atoms with Crippen LogP contribution in [0.4, 0.5) is 13.2 Å². The van der Waals surface area contributed by atoms with Gasteiger partial charge in [0.15, 0.2) is 0 Å². The van der Waals surface area contributed by atoms with Crippen LogP contribution in [0, 0.1) is 0 Å². The maximum Gasteiger partial charge on any atom is 0.490 e. The fraction of sp³-hybridized carbons (Fsp3) is 0.357. The van der Waals surface area contributed by atoms with Crippen LogP contribution in [0.5, 0.6) is 0 Å². The van der Waals surface area contributed by atoms with Crippen molar-refractivity contribution in [2.75, 3.05) is 6.54 Å². The first kappa shape index (κ1) is 22.3. The van der Waals surface area contributed by atoms with Gasteiger partial charge in [-0.05, 0) is 5.56 Å². The molecule has 0 spiro atoms. The van der Waals surface area contributed by atoms with Gasteiger partial charge in [0.25, 0.3) is 0 Å². The lowest BCUT2D eigenvalue weighted by Crippen LogP contribution is -2.53. The minimum Gasteiger partial charge on any atom is -0.475 e. The molecule has 0 saturated heterocycles. The van der Waals surface area contributed by atoms with Crippen molar-refractivity contribution in [3.8, 4) is 0 Å². The zero-order valence-corrected chi connectivity index (χ0v) is 13.0. The van der Waals surface area contributed by atoms with Gasteiger partial charge in [0, 0.05) is 13.0 Å². The van der Waals surface area contributed by atoms with Gasteiger partial charge in [-0.15, -0.1) is 0 Å². The largest absolute Gasteiger partial charge is 0.490 e. The molecule has 0 heterocycles. The predicted molar refractivity (Wildman–Crippen MR) is 82.0 cm³/mol. The van der Waals surface area contributed by atoms with Crippen molar-refractivity contribution < 1.29 is 32.7 Å². The molecule has 8 nitrogen and oxygen atoms in total. The van der Waals surface area contributed by atoms with Crippen molar-refractivity contribution in [1.29, 1.82) is 0 Å². The molecule has 0 aromatic heterocycles. The summed E-state index contributed by atoms with van der Waals surface area (Å²) in [6.07, 6.45) is -4.75. The van der Waals surface area contributed by atoms with Crippen LogP contribution in [-0.4, -0.2) is 47.7 Å². The van der Waals surface area contributed by atoms with Gasteiger partial charge in [-0.1, -0.05) is 30.3 Å². The second-order valence-electron chi connectivity index (χ2n) is 4.80. The van der Waals surface area contributed by atoms with E-state index in [1.165, 1.54) is 0 Å². The molecule has 0 aliphatic rings. The number of carbonyl (C=O) groups excluding carboxylic acids is 2. The van der Waals surface area contributed by atoms with Crippen LogP contribution in [0.1, 0.15) is 5.56 Å². The summed E-state index contributed by atoms with van der Waals surface area (Å²) in [4.78, 5) is 31.7. The Morgan fingerprint density at radius 2 is 1.64 bits per heavy atom. The van der Waals surface area contributed by atoms with Crippen molar-refractivity contribution >= 4 is 17.8 Å². The van der Waals surface area contributed by atoms with Crippen molar-refractivity contribution in [2.45, 2.75) is 24.7 Å². The van der Waals surface area contributed by atoms with E-state index in [1.54, 1.807) is 0 Å². The average Bonchev–Trinajstić information content (AvgIpc) is 2.53. The number of hydrogen-bond acceptors (Lipinski definition) is 5. The lowest BCUT2D eigenvalue weighted by atomic mass is 10.1. The van der Waals surface area contributed by atoms with E-state index in [0.29, 0.717) is 6.42 Å². The second-order valence-corrected chi connectivity index (χ2v) is 4.80. The second kappa shape index (κ2) is 10.3. The molecule has 0 radical (unpaired) electrons. The SMILES string of the molecule is NC[C@H](N)C(=O)N[C@@H](Cc1ccccc1)C(N)=O.O=C(O)C(F)(F)F. The zero-order chi connectivity index (χ0) is 19.6. The highest BCUT2D eigenvalue weighted by Crippen LogP contribution is 2.13. The molecule has 1 aromatic carbocycles. The topological polar surface area (TPSA) is 162 Å². The highest BCUT2D eigenvalue weighted by molar-refractivity contribution is 5.89. The number of rotatable bonds is 6. The van der Waals surface area contributed by atoms with Gasteiger partial charge in [0.05, 0.1) is 6.04 Å². The molecule has 2 atom stereocenters. The van der Waals surface area contributed by atoms with Gasteiger partial charge in [0.1, 0.15) is 6.04 Å². The van der Waals surface area contributed by atoms with E-state index in [1.807, 2.05) is 30.3 Å². The van der Waals surface area contributed by atoms with Crippen LogP contribution < -0.4 is 22.5 Å². The predicted octanol–water partition coefficient (Wildman–Crippen LogP) is -0.881. The Balaban J connectivity index is 0.000000697. The van der Waals surface area contributed by atoms with E-state index in [2.05, 4.69) is 5.32 Å². The molecular weight excluding hydrogens is 345 g/mol. The highest BCUT2D eigenvalue weighted by Gasteiger charge is 2.38. The van der Waals surface area contributed by atoms with Crippen molar-refractivity contribution in [2.24, 2.45) is 17.2 Å². The third-order valence-corrected chi connectivity index (χ3v) is 2.78. The van der Waals surface area contributed by atoms with Crippen molar-refractivity contribution in [3.63, 3.8) is 0 Å². The molecule has 0 unspecified atom stereocenters. The molecule has 8 N–H and O–H groups in total. The molecule has 0 fully saturated rings. The Kier molecular flexibility index (Phi) is 9.16. The van der Waals surface area contributed by atoms with E-state index in [0.717, 1.165) is 5.56 Å². The Morgan fingerprint density at radius 3 is 2.00 bits per heavy atom. The Bertz CT molecular complexity index is 581. The Morgan fingerprint density at radius 1 is 1.16 bits per heavy atom. The molecule has 2 amide bonds. The maximum atomic E-state index is 11.6. The van der Waals surface area contributed by atoms with Crippen LogP contribution in [0.15, 0.2) is 30.3 Å². The standard InChI is InChI=1S/C12H18N4O2.C2HF3O2/c13-7-9(14)12(18)16-10(11(15)17)6-8-4-2-1-3-5-8;3-2(4,5)1(6)7/h1-5,9-10H,6-7,13-14H2,(H2,15,17)(H,16,18);(H,6,7)/t9-,10-;/m0./s1. The first-order valence-electron chi connectivity index (χ1n) is 6.88. The summed E-state index contributed by atoms with van der Waals surface area (Å²) >= 11 is 0. The van der Waals surface area contributed by atoms with Gasteiger partial charge in [-0.25, -0.2) is 4.79 Å². The number of halogens is 3. The summed E-state index contributed by atoms with van der Waals surface area (Å²) in [5, 5.41) is 9.62. The molecule has 25 heavy (non-hydrogen) atoms. The molecule has 0 aliphatic heterocycles. The van der Waals surface area contributed by atoms with E-state index in [9.17, 15) is 22.8 Å². The lowest BCUT2D eigenvalue weighted by molar-refractivity contribution is -0.192. The fourth-order valence-corrected chi connectivity index (χ4v) is 1.46. The summed E-state index contributed by atoms with van der Waals surface area (Å²) in [5.74, 6) is -3.83. The number of carbonyl (C=O) groups is 3. The Labute approximate surface area is 141 Å². The molecule has 11 heteroatoms. The third-order valence-electron chi connectivity index (χ3n) is 2.78. The number of primary amides is 1. The quantitative estimate of drug-likeness (QED) is 0.440. The Hall–Kier alpha value is -2.66. The molecular formula is C14H19F3N4O4. The number of aliphatic carboxylic acids is 1. The summed E-state index contributed by atoms with van der Waals surface area (Å²) in [7, 11) is 0. The van der Waals surface area contributed by atoms with Gasteiger partial charge in [0.2, 0.25) is 11.8 Å². The maximum absolute atomic E-state index is 11.6. The smallest absolute Gasteiger partial charge is 0.475 e. The summed E-state index contributed by atoms with van der Waals surface area (Å²) in [5.41, 5.74) is 16.9. The van der Waals surface area contributed by atoms with Gasteiger partial charge in [-0.3, -0.25) is 9.59 Å². The third kappa shape index (κ3) is 9.27. The molecule has 0 bridgehead atoms. The van der Waals surface area contributed by atoms with Crippen LogP contribution in [0.3, 0.4) is 0 Å². The monoisotopic (exact) mass is 364 g/mol. The summed E-state index contributed by atoms with van der Waals surface area (Å²) < 4.78 is 31.7. The molecule has 140 valence electrons. The molecule has 1 rings (SSSR count). The number of carboxylic acid groups (broad SMARTS) is 1. The number of nitrogens with two attached hydrogens (primary N) is 3. The number of hydrogen-bond donors (Lipinski definition) is 5. The minimum atomic E-state index is -5.08. The van der Waals surface area contributed by atoms with Gasteiger partial charge in [-0.2, -0.15) is 13.2 Å². The number of alkyl halides is 3. The summed E-state index contributed by atoms with van der Waals surface area (Å²) in [6, 6.07) is 7.66. The zero-order valence-electron chi connectivity index (χ0n) is 13.0. The fourth-order valence-electron chi connectivity index (χ4n) is 1.46. The van der Waals surface area contributed by atoms with Crippen LogP contribution in [0.2, 0.25) is 0 Å². The molecule has 0 aliphatic carbocycles. The molecule has 1 aromatic rings. The average molecular weight is 364 g/mol. The highest BCUT2D eigenvalue weighted by atomic mass is 19.4. The van der Waals surface area contributed by atoms with Gasteiger partial charge < -0.3 is 27.6 Å². The minimum absolute atomic E-state index is 0.0165. The summed E-state index contributed by atoms with van der Waals surface area (Å²) in [6.45, 7) is 0.0165. The number of carboxylic acids is 1. The number of nitrogens with one attached hydrogen (secondary N) is 1. The van der Waals surface area contributed by atoms with E-state index in [-0.39, 0.29) is 6.54 Å². The molecule has 0 saturated carbocycles. The normalized spacial score (nSPS) is 13.0. The number of benzene rings is 1. The van der Waals surface area contributed by atoms with Crippen LogP contribution in [-0.2, 0) is 20.8 Å². The van der Waals surface area contributed by atoms with Crippen molar-refractivity contribution in [3.05, 3.63) is 35.9 Å². The van der Waals surface area contributed by atoms with E-state index < -0.39 is 36.0 Å². The van der Waals surface area contributed by atoms with E-state index in [4.69, 9.17) is 27.1 Å². The number of amides is 2.